The van der Waals surface area contributed by atoms with E-state index in [1.54, 1.807) is 29.9 Å². The van der Waals surface area contributed by atoms with Gasteiger partial charge in [0, 0.05) is 24.7 Å². The summed E-state index contributed by atoms with van der Waals surface area (Å²) in [5, 5.41) is 2.03. The third-order valence-electron chi connectivity index (χ3n) is 3.45. The number of hydrogen-bond donors (Lipinski definition) is 0. The third-order valence-corrected chi connectivity index (χ3v) is 4.37. The molecule has 0 bridgehead atoms. The van der Waals surface area contributed by atoms with Gasteiger partial charge >= 0.3 is 0 Å². The van der Waals surface area contributed by atoms with E-state index in [1.807, 2.05) is 47.8 Å². The quantitative estimate of drug-likeness (QED) is 0.561. The largest absolute Gasteiger partial charge is 0.487 e. The number of pyridine rings is 3. The molecule has 0 fully saturated rings. The Hall–Kier alpha value is -2.79. The molecule has 5 heteroatoms. The predicted molar refractivity (Wildman–Crippen MR) is 91.4 cm³/mol. The average Bonchev–Trinajstić information content (AvgIpc) is 3.10. The van der Waals surface area contributed by atoms with Crippen molar-refractivity contribution in [2.45, 2.75) is 6.61 Å². The molecule has 4 aromatic heterocycles. The van der Waals surface area contributed by atoms with Gasteiger partial charge < -0.3 is 4.74 Å². The van der Waals surface area contributed by atoms with E-state index >= 15 is 0 Å². The lowest BCUT2D eigenvalue weighted by atomic mass is 10.2. The summed E-state index contributed by atoms with van der Waals surface area (Å²) in [6, 6.07) is 13.7. The van der Waals surface area contributed by atoms with Gasteiger partial charge in [-0.1, -0.05) is 6.07 Å². The van der Waals surface area contributed by atoms with Crippen LogP contribution in [0, 0.1) is 0 Å². The van der Waals surface area contributed by atoms with Crippen LogP contribution < -0.4 is 4.74 Å². The van der Waals surface area contributed by atoms with Gasteiger partial charge in [0.15, 0.2) is 0 Å². The van der Waals surface area contributed by atoms with E-state index in [0.717, 1.165) is 32.9 Å². The second-order valence-corrected chi connectivity index (χ2v) is 5.92. The van der Waals surface area contributed by atoms with Gasteiger partial charge in [-0.25, -0.2) is 4.98 Å². The molecule has 0 aromatic carbocycles. The molecule has 0 amide bonds. The van der Waals surface area contributed by atoms with Crippen molar-refractivity contribution >= 4 is 21.6 Å². The molecular formula is C18H13N3OS. The van der Waals surface area contributed by atoms with Crippen molar-refractivity contribution in [2.75, 3.05) is 0 Å². The van der Waals surface area contributed by atoms with Gasteiger partial charge in [-0.15, -0.1) is 11.3 Å². The molecule has 0 aliphatic rings. The fourth-order valence-corrected chi connectivity index (χ4v) is 3.12. The maximum absolute atomic E-state index is 6.04. The minimum absolute atomic E-state index is 0.501. The summed E-state index contributed by atoms with van der Waals surface area (Å²) in [7, 11) is 0. The molecule has 4 heterocycles. The lowest BCUT2D eigenvalue weighted by Gasteiger charge is -2.09. The smallest absolute Gasteiger partial charge is 0.141 e. The number of thiophene rings is 1. The van der Waals surface area contributed by atoms with Gasteiger partial charge in [0.2, 0.25) is 0 Å². The Morgan fingerprint density at radius 2 is 1.87 bits per heavy atom. The van der Waals surface area contributed by atoms with E-state index < -0.39 is 0 Å². The Balaban J connectivity index is 1.71. The van der Waals surface area contributed by atoms with Gasteiger partial charge in [-0.2, -0.15) is 0 Å². The zero-order valence-corrected chi connectivity index (χ0v) is 13.0. The van der Waals surface area contributed by atoms with Crippen molar-refractivity contribution in [3.63, 3.8) is 0 Å². The number of rotatable bonds is 4. The minimum atomic E-state index is 0.501. The van der Waals surface area contributed by atoms with Crippen molar-refractivity contribution in [2.24, 2.45) is 0 Å². The number of fused-ring (bicyclic) bond motifs is 1. The fourth-order valence-electron chi connectivity index (χ4n) is 2.32. The molecule has 0 aliphatic heterocycles. The summed E-state index contributed by atoms with van der Waals surface area (Å²) in [5.74, 6) is 0.836. The van der Waals surface area contributed by atoms with Crippen LogP contribution in [-0.4, -0.2) is 15.0 Å². The molecule has 0 saturated heterocycles. The Morgan fingerprint density at radius 3 is 2.70 bits per heavy atom. The van der Waals surface area contributed by atoms with E-state index in [0.29, 0.717) is 6.61 Å². The second kappa shape index (κ2) is 6.14. The van der Waals surface area contributed by atoms with Crippen molar-refractivity contribution in [3.8, 4) is 17.1 Å². The molecule has 23 heavy (non-hydrogen) atoms. The number of hydrogen-bond acceptors (Lipinski definition) is 5. The molecule has 4 aromatic rings. The summed E-state index contributed by atoms with van der Waals surface area (Å²) in [6.07, 6.45) is 5.31. The Morgan fingerprint density at radius 1 is 0.957 bits per heavy atom. The number of ether oxygens (including phenoxy) is 1. The van der Waals surface area contributed by atoms with E-state index in [4.69, 9.17) is 4.74 Å². The summed E-state index contributed by atoms with van der Waals surface area (Å²) < 4.78 is 7.10. The fraction of sp³-hybridized carbons (Fsp3) is 0.0556. The van der Waals surface area contributed by atoms with Crippen molar-refractivity contribution in [3.05, 3.63) is 72.0 Å². The SMILES string of the molecule is c1ccc(-c2cc(OCc3ccncc3)c3sccc3n2)nc1. The summed E-state index contributed by atoms with van der Waals surface area (Å²) in [4.78, 5) is 13.1. The summed E-state index contributed by atoms with van der Waals surface area (Å²) >= 11 is 1.63. The zero-order valence-electron chi connectivity index (χ0n) is 12.2. The number of nitrogens with zero attached hydrogens (tertiary/aromatic N) is 3. The van der Waals surface area contributed by atoms with Gasteiger partial charge in [-0.3, -0.25) is 9.97 Å². The topological polar surface area (TPSA) is 47.9 Å². The molecule has 0 saturated carbocycles. The van der Waals surface area contributed by atoms with Crippen LogP contribution >= 0.6 is 11.3 Å². The Bertz CT molecular complexity index is 923. The maximum atomic E-state index is 6.04. The molecule has 0 N–H and O–H groups in total. The average molecular weight is 319 g/mol. The number of aromatic nitrogens is 3. The minimum Gasteiger partial charge on any atom is -0.487 e. The first kappa shape index (κ1) is 13.8. The van der Waals surface area contributed by atoms with Gasteiger partial charge in [0.05, 0.1) is 21.6 Å². The zero-order chi connectivity index (χ0) is 15.5. The van der Waals surface area contributed by atoms with Crippen LogP contribution in [0.25, 0.3) is 21.6 Å². The molecule has 4 nitrogen and oxygen atoms in total. The van der Waals surface area contributed by atoms with Gasteiger partial charge in [0.1, 0.15) is 12.4 Å². The van der Waals surface area contributed by atoms with E-state index in [9.17, 15) is 0 Å². The van der Waals surface area contributed by atoms with Crippen LogP contribution in [0.2, 0.25) is 0 Å². The summed E-state index contributed by atoms with van der Waals surface area (Å²) in [6.45, 7) is 0.501. The van der Waals surface area contributed by atoms with Crippen LogP contribution in [0.5, 0.6) is 5.75 Å². The highest BCUT2D eigenvalue weighted by Gasteiger charge is 2.10. The molecule has 112 valence electrons. The molecule has 4 rings (SSSR count). The van der Waals surface area contributed by atoms with Crippen LogP contribution in [0.4, 0.5) is 0 Å². The molecular weight excluding hydrogens is 306 g/mol. The Kier molecular flexibility index (Phi) is 3.70. The highest BCUT2D eigenvalue weighted by molar-refractivity contribution is 7.17. The van der Waals surface area contributed by atoms with Crippen LogP contribution in [-0.2, 0) is 6.61 Å². The summed E-state index contributed by atoms with van der Waals surface area (Å²) in [5.41, 5.74) is 3.68. The lowest BCUT2D eigenvalue weighted by molar-refractivity contribution is 0.310. The monoisotopic (exact) mass is 319 g/mol. The van der Waals surface area contributed by atoms with Crippen molar-refractivity contribution in [1.29, 1.82) is 0 Å². The van der Waals surface area contributed by atoms with Crippen molar-refractivity contribution in [1.82, 2.24) is 15.0 Å². The van der Waals surface area contributed by atoms with Crippen LogP contribution in [0.15, 0.2) is 66.4 Å². The highest BCUT2D eigenvalue weighted by atomic mass is 32.1. The van der Waals surface area contributed by atoms with Crippen molar-refractivity contribution < 1.29 is 4.74 Å². The lowest BCUT2D eigenvalue weighted by Crippen LogP contribution is -1.97. The second-order valence-electron chi connectivity index (χ2n) is 5.00. The predicted octanol–water partition coefficient (Wildman–Crippen LogP) is 4.33. The molecule has 0 unspecified atom stereocenters. The first-order valence-corrected chi connectivity index (χ1v) is 8.09. The first-order valence-electron chi connectivity index (χ1n) is 7.21. The Labute approximate surface area is 137 Å². The third kappa shape index (κ3) is 2.91. The molecule has 0 spiro atoms. The van der Waals surface area contributed by atoms with E-state index in [-0.39, 0.29) is 0 Å². The van der Waals surface area contributed by atoms with E-state index in [1.165, 1.54) is 0 Å². The van der Waals surface area contributed by atoms with E-state index in [2.05, 4.69) is 15.0 Å². The molecule has 0 atom stereocenters. The highest BCUT2D eigenvalue weighted by Crippen LogP contribution is 2.33. The van der Waals surface area contributed by atoms with Gasteiger partial charge in [0.25, 0.3) is 0 Å². The molecule has 0 aliphatic carbocycles. The molecule has 0 radical (unpaired) electrons. The standard InChI is InChI=1S/C18H13N3OS/c1-2-7-20-14(3-1)16-11-17(18-15(21-16)6-10-23-18)22-12-13-4-8-19-9-5-13/h1-11H,12H2. The maximum Gasteiger partial charge on any atom is 0.141 e. The van der Waals surface area contributed by atoms with Crippen LogP contribution in [0.3, 0.4) is 0 Å². The van der Waals surface area contributed by atoms with Gasteiger partial charge in [-0.05, 0) is 41.3 Å². The van der Waals surface area contributed by atoms with Crippen LogP contribution in [0.1, 0.15) is 5.56 Å². The first-order chi connectivity index (χ1) is 11.4. The normalized spacial score (nSPS) is 10.8.